The third kappa shape index (κ3) is 3.43. The number of ether oxygens (including phenoxy) is 1. The maximum atomic E-state index is 13.4. The van der Waals surface area contributed by atoms with Crippen LogP contribution in [0.15, 0.2) is 78.9 Å². The zero-order chi connectivity index (χ0) is 23.1. The van der Waals surface area contributed by atoms with Crippen molar-refractivity contribution in [2.24, 2.45) is 0 Å². The lowest BCUT2D eigenvalue weighted by molar-refractivity contribution is -0.126. The van der Waals surface area contributed by atoms with Crippen LogP contribution >= 0.6 is 0 Å². The average Bonchev–Trinajstić information content (AvgIpc) is 2.90. The van der Waals surface area contributed by atoms with Crippen molar-refractivity contribution in [2.45, 2.75) is 50.1 Å². The number of hydrazine groups is 1. The van der Waals surface area contributed by atoms with Crippen molar-refractivity contribution in [1.82, 2.24) is 10.0 Å². The molecule has 0 spiro atoms. The molecule has 3 aromatic rings. The normalized spacial score (nSPS) is 25.1. The molecule has 3 aromatic carbocycles. The standard InChI is InChI=1S/C29H28N2O3/c32-27(21-9-3-1-4-10-21)30-18-17-29-16-8-7-13-26(29)31(30)20-23-14-15-24(19-25(23)29)34-28(33)22-11-5-2-6-12-22/h1-6,9-12,14-15,19,26H,7-8,13,16-18,20H2/t26-,29+/m1/s1. The minimum Gasteiger partial charge on any atom is -0.423 e. The van der Waals surface area contributed by atoms with Crippen molar-refractivity contribution in [2.75, 3.05) is 6.54 Å². The number of hydrogen-bond donors (Lipinski definition) is 0. The molecule has 0 radical (unpaired) electrons. The molecule has 34 heavy (non-hydrogen) atoms. The van der Waals surface area contributed by atoms with Gasteiger partial charge in [0.2, 0.25) is 0 Å². The van der Waals surface area contributed by atoms with Crippen LogP contribution in [0.4, 0.5) is 0 Å². The number of esters is 1. The SMILES string of the molecule is O=C(Oc1ccc2c(c1)[C@@]13CCCC[C@H]1N(C2)N(C(=O)c1ccccc1)CC3)c1ccccc1. The first-order valence-corrected chi connectivity index (χ1v) is 12.2. The van der Waals surface area contributed by atoms with Gasteiger partial charge in [0.1, 0.15) is 5.75 Å². The van der Waals surface area contributed by atoms with Crippen molar-refractivity contribution in [3.05, 3.63) is 101 Å². The summed E-state index contributed by atoms with van der Waals surface area (Å²) < 4.78 is 5.78. The Bertz CT molecular complexity index is 1230. The molecule has 5 nitrogen and oxygen atoms in total. The fourth-order valence-electron chi connectivity index (χ4n) is 6.28. The Balaban J connectivity index is 1.34. The second-order valence-electron chi connectivity index (χ2n) is 9.63. The van der Waals surface area contributed by atoms with E-state index in [1.165, 1.54) is 24.0 Å². The number of amides is 1. The van der Waals surface area contributed by atoms with Crippen LogP contribution in [0.1, 0.15) is 63.9 Å². The van der Waals surface area contributed by atoms with E-state index in [9.17, 15) is 9.59 Å². The van der Waals surface area contributed by atoms with E-state index in [-0.39, 0.29) is 23.3 Å². The van der Waals surface area contributed by atoms with E-state index in [1.54, 1.807) is 12.1 Å². The highest BCUT2D eigenvalue weighted by Gasteiger charge is 2.54. The fraction of sp³-hybridized carbons (Fsp3) is 0.310. The molecule has 3 atom stereocenters. The van der Waals surface area contributed by atoms with Crippen molar-refractivity contribution in [3.63, 3.8) is 0 Å². The van der Waals surface area contributed by atoms with E-state index < -0.39 is 0 Å². The lowest BCUT2D eigenvalue weighted by Gasteiger charge is -2.60. The molecular weight excluding hydrogens is 424 g/mol. The Kier molecular flexibility index (Phi) is 5.22. The molecule has 3 aliphatic rings. The van der Waals surface area contributed by atoms with Crippen LogP contribution in [0, 0.1) is 0 Å². The molecule has 2 bridgehead atoms. The van der Waals surface area contributed by atoms with Crippen molar-refractivity contribution < 1.29 is 14.3 Å². The smallest absolute Gasteiger partial charge is 0.343 e. The van der Waals surface area contributed by atoms with Crippen LogP contribution in [-0.4, -0.2) is 34.5 Å². The topological polar surface area (TPSA) is 49.9 Å². The van der Waals surface area contributed by atoms with Gasteiger partial charge >= 0.3 is 5.97 Å². The van der Waals surface area contributed by atoms with Gasteiger partial charge < -0.3 is 4.74 Å². The summed E-state index contributed by atoms with van der Waals surface area (Å²) in [5.41, 5.74) is 3.81. The lowest BCUT2D eigenvalue weighted by atomic mass is 9.60. The van der Waals surface area contributed by atoms with Gasteiger partial charge in [0, 0.05) is 30.1 Å². The molecular formula is C29H28N2O3. The highest BCUT2D eigenvalue weighted by molar-refractivity contribution is 5.94. The second-order valence-corrected chi connectivity index (χ2v) is 9.63. The first kappa shape index (κ1) is 21.1. The number of rotatable bonds is 3. The van der Waals surface area contributed by atoms with E-state index in [0.29, 0.717) is 24.4 Å². The maximum absolute atomic E-state index is 13.4. The largest absolute Gasteiger partial charge is 0.423 e. The summed E-state index contributed by atoms with van der Waals surface area (Å²) in [5, 5.41) is 4.31. The summed E-state index contributed by atoms with van der Waals surface area (Å²) in [6.07, 6.45) is 5.46. The highest BCUT2D eigenvalue weighted by Crippen LogP contribution is 2.53. The monoisotopic (exact) mass is 452 g/mol. The van der Waals surface area contributed by atoms with E-state index in [2.05, 4.69) is 17.1 Å². The molecule has 1 aliphatic carbocycles. The molecule has 0 aromatic heterocycles. The van der Waals surface area contributed by atoms with Gasteiger partial charge in [-0.15, -0.1) is 0 Å². The number of carbonyl (C=O) groups excluding carboxylic acids is 2. The fourth-order valence-corrected chi connectivity index (χ4v) is 6.28. The molecule has 1 unspecified atom stereocenters. The summed E-state index contributed by atoms with van der Waals surface area (Å²) in [6.45, 7) is 1.41. The number of hydrogen-bond acceptors (Lipinski definition) is 4. The predicted octanol–water partition coefficient (Wildman–Crippen LogP) is 5.36. The summed E-state index contributed by atoms with van der Waals surface area (Å²) in [7, 11) is 0. The molecule has 2 fully saturated rings. The average molecular weight is 453 g/mol. The third-order valence-electron chi connectivity index (χ3n) is 7.85. The van der Waals surface area contributed by atoms with E-state index in [0.717, 1.165) is 24.8 Å². The highest BCUT2D eigenvalue weighted by atomic mass is 16.5. The summed E-state index contributed by atoms with van der Waals surface area (Å²) in [6, 6.07) is 25.1. The molecule has 2 heterocycles. The number of benzene rings is 3. The predicted molar refractivity (Wildman–Crippen MR) is 129 cm³/mol. The maximum Gasteiger partial charge on any atom is 0.343 e. The van der Waals surface area contributed by atoms with Crippen molar-refractivity contribution >= 4 is 11.9 Å². The molecule has 1 saturated heterocycles. The van der Waals surface area contributed by atoms with Crippen LogP contribution in [0.25, 0.3) is 0 Å². The first-order valence-electron chi connectivity index (χ1n) is 12.2. The summed E-state index contributed by atoms with van der Waals surface area (Å²) in [4.78, 5) is 26.1. The van der Waals surface area contributed by atoms with Gasteiger partial charge in [-0.1, -0.05) is 55.3 Å². The van der Waals surface area contributed by atoms with Crippen LogP contribution < -0.4 is 4.74 Å². The van der Waals surface area contributed by atoms with Gasteiger partial charge in [0.05, 0.1) is 5.56 Å². The number of fused-ring (bicyclic) bond motifs is 1. The van der Waals surface area contributed by atoms with Gasteiger partial charge in [-0.3, -0.25) is 9.80 Å². The minimum absolute atomic E-state index is 0.00549. The molecule has 6 rings (SSSR count). The van der Waals surface area contributed by atoms with Gasteiger partial charge in [0.25, 0.3) is 5.91 Å². The second kappa shape index (κ2) is 8.41. The Hall–Kier alpha value is -3.44. The Morgan fingerprint density at radius 3 is 2.35 bits per heavy atom. The molecule has 1 saturated carbocycles. The van der Waals surface area contributed by atoms with Gasteiger partial charge in [-0.05, 0) is 66.8 Å². The number of carbonyl (C=O) groups is 2. The molecule has 2 aliphatic heterocycles. The van der Waals surface area contributed by atoms with E-state index in [1.807, 2.05) is 59.6 Å². The van der Waals surface area contributed by atoms with Crippen LogP contribution in [0.2, 0.25) is 0 Å². The van der Waals surface area contributed by atoms with Gasteiger partial charge in [0.15, 0.2) is 0 Å². The summed E-state index contributed by atoms with van der Waals surface area (Å²) in [5.74, 6) is 0.345. The molecule has 1 amide bonds. The zero-order valence-corrected chi connectivity index (χ0v) is 19.2. The summed E-state index contributed by atoms with van der Waals surface area (Å²) >= 11 is 0. The van der Waals surface area contributed by atoms with Crippen LogP contribution in [0.3, 0.4) is 0 Å². The van der Waals surface area contributed by atoms with Crippen molar-refractivity contribution in [3.8, 4) is 5.75 Å². The van der Waals surface area contributed by atoms with Crippen molar-refractivity contribution in [1.29, 1.82) is 0 Å². The Morgan fingerprint density at radius 1 is 0.853 bits per heavy atom. The third-order valence-corrected chi connectivity index (χ3v) is 7.85. The van der Waals surface area contributed by atoms with Gasteiger partial charge in [-0.2, -0.15) is 0 Å². The quantitative estimate of drug-likeness (QED) is 0.396. The van der Waals surface area contributed by atoms with Crippen LogP contribution in [0.5, 0.6) is 5.75 Å². The molecule has 172 valence electrons. The van der Waals surface area contributed by atoms with E-state index >= 15 is 0 Å². The first-order chi connectivity index (χ1) is 16.7. The van der Waals surface area contributed by atoms with Gasteiger partial charge in [-0.25, -0.2) is 9.80 Å². The lowest BCUT2D eigenvalue weighted by Crippen LogP contribution is -2.67. The van der Waals surface area contributed by atoms with Crippen LogP contribution in [-0.2, 0) is 12.0 Å². The molecule has 0 N–H and O–H groups in total. The Labute approximate surface area is 199 Å². The van der Waals surface area contributed by atoms with E-state index in [4.69, 9.17) is 4.74 Å². The minimum atomic E-state index is -0.334. The number of nitrogens with zero attached hydrogens (tertiary/aromatic N) is 2. The Morgan fingerprint density at radius 2 is 1.59 bits per heavy atom. The zero-order valence-electron chi connectivity index (χ0n) is 19.2. The molecule has 5 heteroatoms.